The molecule has 5 nitrogen and oxygen atoms in total. The summed E-state index contributed by atoms with van der Waals surface area (Å²) in [6.07, 6.45) is 1.05. The lowest BCUT2D eigenvalue weighted by atomic mass is 10.1. The minimum Gasteiger partial charge on any atom is -0.493 e. The van der Waals surface area contributed by atoms with Gasteiger partial charge in [-0.3, -0.25) is 0 Å². The van der Waals surface area contributed by atoms with Gasteiger partial charge >= 0.3 is 6.09 Å². The van der Waals surface area contributed by atoms with Crippen LogP contribution in [0.15, 0.2) is 24.3 Å². The van der Waals surface area contributed by atoms with Crippen LogP contribution < -0.4 is 10.1 Å². The Morgan fingerprint density at radius 1 is 1.50 bits per heavy atom. The summed E-state index contributed by atoms with van der Waals surface area (Å²) in [6.45, 7) is 0.938. The zero-order chi connectivity index (χ0) is 15.8. The van der Waals surface area contributed by atoms with E-state index in [1.54, 1.807) is 0 Å². The summed E-state index contributed by atoms with van der Waals surface area (Å²) in [6, 6.07) is 7.41. The van der Waals surface area contributed by atoms with Crippen LogP contribution in [0.2, 0.25) is 0 Å². The van der Waals surface area contributed by atoms with E-state index in [-0.39, 0.29) is 6.54 Å². The second-order valence-corrected chi connectivity index (χ2v) is 6.65. The molecule has 1 aliphatic rings. The predicted octanol–water partition coefficient (Wildman–Crippen LogP) is 2.90. The first-order chi connectivity index (χ1) is 10.6. The van der Waals surface area contributed by atoms with Crippen LogP contribution >= 0.6 is 11.8 Å². The normalized spacial score (nSPS) is 19.4. The van der Waals surface area contributed by atoms with Crippen LogP contribution in [-0.2, 0) is 0 Å². The first-order valence-electron chi connectivity index (χ1n) is 7.60. The molecule has 0 saturated carbocycles. The number of aliphatic hydroxyl groups is 1. The van der Waals surface area contributed by atoms with Gasteiger partial charge in [-0.1, -0.05) is 12.1 Å². The molecular formula is C16H23NO4S. The average molecular weight is 325 g/mol. The zero-order valence-electron chi connectivity index (χ0n) is 12.5. The number of ether oxygens (including phenoxy) is 1. The van der Waals surface area contributed by atoms with Crippen molar-refractivity contribution in [2.24, 2.45) is 5.92 Å². The molecule has 1 heterocycles. The first kappa shape index (κ1) is 17.0. The van der Waals surface area contributed by atoms with Gasteiger partial charge < -0.3 is 20.3 Å². The molecule has 2 atom stereocenters. The van der Waals surface area contributed by atoms with Gasteiger partial charge in [0, 0.05) is 12.5 Å². The van der Waals surface area contributed by atoms with Gasteiger partial charge in [0.1, 0.15) is 5.75 Å². The summed E-state index contributed by atoms with van der Waals surface area (Å²) in [5.41, 5.74) is 0.753. The van der Waals surface area contributed by atoms with E-state index in [9.17, 15) is 9.90 Å². The van der Waals surface area contributed by atoms with Crippen LogP contribution in [0, 0.1) is 5.92 Å². The molecule has 122 valence electrons. The second kappa shape index (κ2) is 8.90. The van der Waals surface area contributed by atoms with E-state index in [4.69, 9.17) is 9.84 Å². The van der Waals surface area contributed by atoms with Crippen LogP contribution in [0.4, 0.5) is 4.79 Å². The van der Waals surface area contributed by atoms with Gasteiger partial charge in [-0.15, -0.1) is 0 Å². The maximum atomic E-state index is 10.4. The molecule has 1 amide bonds. The molecule has 1 aliphatic heterocycles. The van der Waals surface area contributed by atoms with Crippen molar-refractivity contribution in [2.45, 2.75) is 25.4 Å². The minimum absolute atomic E-state index is 0.223. The largest absolute Gasteiger partial charge is 0.493 e. The van der Waals surface area contributed by atoms with Crippen molar-refractivity contribution in [3.05, 3.63) is 29.8 Å². The summed E-state index contributed by atoms with van der Waals surface area (Å²) in [5, 5.41) is 20.9. The fourth-order valence-electron chi connectivity index (χ4n) is 2.45. The highest BCUT2D eigenvalue weighted by Gasteiger charge is 2.15. The second-order valence-electron chi connectivity index (χ2n) is 5.50. The molecule has 0 aromatic heterocycles. The van der Waals surface area contributed by atoms with Crippen molar-refractivity contribution >= 4 is 17.9 Å². The molecule has 1 fully saturated rings. The Kier molecular flexibility index (Phi) is 6.86. The topological polar surface area (TPSA) is 78.8 Å². The highest BCUT2D eigenvalue weighted by Crippen LogP contribution is 2.25. The number of hydrogen-bond donors (Lipinski definition) is 3. The third-order valence-electron chi connectivity index (χ3n) is 3.68. The summed E-state index contributed by atoms with van der Waals surface area (Å²) < 4.78 is 5.84. The number of nitrogens with one attached hydrogen (secondary N) is 1. The Balaban J connectivity index is 1.81. The number of hydrogen-bond acceptors (Lipinski definition) is 4. The van der Waals surface area contributed by atoms with Crippen molar-refractivity contribution in [1.29, 1.82) is 0 Å². The summed E-state index contributed by atoms with van der Waals surface area (Å²) in [7, 11) is 0. The van der Waals surface area contributed by atoms with Gasteiger partial charge in [-0.2, -0.15) is 11.8 Å². The monoisotopic (exact) mass is 325 g/mol. The summed E-state index contributed by atoms with van der Waals surface area (Å²) in [4.78, 5) is 10.4. The van der Waals surface area contributed by atoms with Crippen LogP contribution in [0.1, 0.15) is 30.9 Å². The van der Waals surface area contributed by atoms with Crippen molar-refractivity contribution in [2.75, 3.05) is 24.7 Å². The average Bonchev–Trinajstić information content (AvgIpc) is 2.54. The van der Waals surface area contributed by atoms with Crippen LogP contribution in [0.3, 0.4) is 0 Å². The Hall–Kier alpha value is -1.40. The van der Waals surface area contributed by atoms with E-state index in [0.29, 0.717) is 18.9 Å². The number of rotatable bonds is 7. The van der Waals surface area contributed by atoms with Crippen molar-refractivity contribution in [3.8, 4) is 5.75 Å². The van der Waals surface area contributed by atoms with E-state index < -0.39 is 12.2 Å². The standard InChI is InChI=1S/C16H23NO4S/c18-15(6-7-17-16(19)20)13-4-1-5-14(9-13)21-10-12-3-2-8-22-11-12/h1,4-5,9,12,15,17-18H,2-3,6-8,10-11H2,(H,19,20)/t12?,15-/m1/s1. The molecule has 2 rings (SSSR count). The number of benzene rings is 1. The molecule has 0 spiro atoms. The minimum atomic E-state index is -1.07. The van der Waals surface area contributed by atoms with Crippen molar-refractivity contribution in [1.82, 2.24) is 5.32 Å². The molecule has 0 aliphatic carbocycles. The third-order valence-corrected chi connectivity index (χ3v) is 4.96. The highest BCUT2D eigenvalue weighted by atomic mass is 32.2. The summed E-state index contributed by atoms with van der Waals surface area (Å²) >= 11 is 1.98. The number of thioether (sulfide) groups is 1. The van der Waals surface area contributed by atoms with Gasteiger partial charge in [0.05, 0.1) is 12.7 Å². The lowest BCUT2D eigenvalue weighted by molar-refractivity contribution is 0.161. The maximum absolute atomic E-state index is 10.4. The molecule has 3 N–H and O–H groups in total. The van der Waals surface area contributed by atoms with E-state index in [2.05, 4.69) is 5.32 Å². The van der Waals surface area contributed by atoms with Crippen molar-refractivity contribution in [3.63, 3.8) is 0 Å². The molecule has 1 aromatic carbocycles. The molecule has 1 saturated heterocycles. The van der Waals surface area contributed by atoms with Gasteiger partial charge in [0.15, 0.2) is 0 Å². The Morgan fingerprint density at radius 2 is 2.36 bits per heavy atom. The molecule has 1 aromatic rings. The van der Waals surface area contributed by atoms with Crippen LogP contribution in [0.25, 0.3) is 0 Å². The highest BCUT2D eigenvalue weighted by molar-refractivity contribution is 7.99. The molecule has 0 bridgehead atoms. The van der Waals surface area contributed by atoms with Crippen LogP contribution in [-0.4, -0.2) is 41.0 Å². The Morgan fingerprint density at radius 3 is 3.09 bits per heavy atom. The SMILES string of the molecule is O=C(O)NCC[C@@H](O)c1cccc(OCC2CCCSC2)c1. The smallest absolute Gasteiger partial charge is 0.404 e. The number of amides is 1. The summed E-state index contributed by atoms with van der Waals surface area (Å²) in [5.74, 6) is 3.77. The molecular weight excluding hydrogens is 302 g/mol. The van der Waals surface area contributed by atoms with E-state index in [1.807, 2.05) is 36.0 Å². The van der Waals surface area contributed by atoms with Gasteiger partial charge in [0.25, 0.3) is 0 Å². The predicted molar refractivity (Wildman–Crippen MR) is 87.6 cm³/mol. The molecule has 1 unspecified atom stereocenters. The third kappa shape index (κ3) is 5.77. The van der Waals surface area contributed by atoms with Crippen molar-refractivity contribution < 1.29 is 19.7 Å². The lowest BCUT2D eigenvalue weighted by Gasteiger charge is -2.21. The number of carbonyl (C=O) groups is 1. The van der Waals surface area contributed by atoms with E-state index in [1.165, 1.54) is 18.6 Å². The zero-order valence-corrected chi connectivity index (χ0v) is 13.3. The quantitative estimate of drug-likeness (QED) is 0.718. The number of aliphatic hydroxyl groups excluding tert-OH is 1. The maximum Gasteiger partial charge on any atom is 0.404 e. The van der Waals surface area contributed by atoms with E-state index in [0.717, 1.165) is 17.1 Å². The molecule has 22 heavy (non-hydrogen) atoms. The lowest BCUT2D eigenvalue weighted by Crippen LogP contribution is -2.23. The van der Waals surface area contributed by atoms with Gasteiger partial charge in [-0.25, -0.2) is 4.79 Å². The molecule has 0 radical (unpaired) electrons. The van der Waals surface area contributed by atoms with Crippen LogP contribution in [0.5, 0.6) is 5.75 Å². The fraction of sp³-hybridized carbons (Fsp3) is 0.562. The fourth-order valence-corrected chi connectivity index (χ4v) is 3.58. The number of carboxylic acid groups (broad SMARTS) is 1. The van der Waals surface area contributed by atoms with Gasteiger partial charge in [-0.05, 0) is 48.5 Å². The Labute approximate surface area is 135 Å². The first-order valence-corrected chi connectivity index (χ1v) is 8.76. The van der Waals surface area contributed by atoms with Gasteiger partial charge in [0.2, 0.25) is 0 Å². The van der Waals surface area contributed by atoms with E-state index >= 15 is 0 Å². The molecule has 6 heteroatoms. The Bertz CT molecular complexity index is 477.